The lowest BCUT2D eigenvalue weighted by Gasteiger charge is -2.09. The van der Waals surface area contributed by atoms with E-state index in [1.54, 1.807) is 6.07 Å². The molecule has 0 atom stereocenters. The first-order chi connectivity index (χ1) is 12.0. The van der Waals surface area contributed by atoms with Crippen molar-refractivity contribution < 1.29 is 30.7 Å². The summed E-state index contributed by atoms with van der Waals surface area (Å²) >= 11 is 0. The van der Waals surface area contributed by atoms with E-state index in [0.29, 0.717) is 11.1 Å². The molecule has 0 amide bonds. The number of hydrogen-bond acceptors (Lipinski definition) is 5. The molecule has 0 spiro atoms. The highest BCUT2D eigenvalue weighted by atomic mass is 32.2. The molecule has 0 aliphatic heterocycles. The zero-order valence-electron chi connectivity index (χ0n) is 13.3. The molecule has 0 fully saturated rings. The first-order valence-corrected chi connectivity index (χ1v) is 9.25. The minimum atomic E-state index is -4.78. The molecule has 0 N–H and O–H groups in total. The summed E-state index contributed by atoms with van der Waals surface area (Å²) in [6.07, 6.45) is -3.79. The van der Waals surface area contributed by atoms with Crippen LogP contribution in [0.3, 0.4) is 0 Å². The number of fused-ring (bicyclic) bond motifs is 1. The maximum absolute atomic E-state index is 12.2. The number of oxazole rings is 1. The standard InChI is InChI=1S/C16H12F3NO5S/c1-26(22,23)9-20-13-8-11(4-7-14(13)24-15(20)21)10-2-5-12(6-3-10)25-16(17,18)19/h2-8H,9H2,1H3. The summed E-state index contributed by atoms with van der Waals surface area (Å²) in [5.74, 6) is -1.71. The quantitative estimate of drug-likeness (QED) is 0.687. The number of rotatable bonds is 4. The summed E-state index contributed by atoms with van der Waals surface area (Å²) in [6.45, 7) is 0. The molecular weight excluding hydrogens is 375 g/mol. The van der Waals surface area contributed by atoms with E-state index >= 15 is 0 Å². The van der Waals surface area contributed by atoms with Gasteiger partial charge in [-0.2, -0.15) is 0 Å². The first-order valence-electron chi connectivity index (χ1n) is 7.19. The van der Waals surface area contributed by atoms with Crippen molar-refractivity contribution in [2.24, 2.45) is 0 Å². The minimum Gasteiger partial charge on any atom is -0.408 e. The zero-order valence-corrected chi connectivity index (χ0v) is 14.1. The van der Waals surface area contributed by atoms with Gasteiger partial charge in [0.05, 0.1) is 5.52 Å². The van der Waals surface area contributed by atoms with Crippen LogP contribution < -0.4 is 10.5 Å². The van der Waals surface area contributed by atoms with Gasteiger partial charge in [0.25, 0.3) is 0 Å². The topological polar surface area (TPSA) is 78.5 Å². The molecule has 26 heavy (non-hydrogen) atoms. The Morgan fingerprint density at radius 2 is 1.69 bits per heavy atom. The number of alkyl halides is 3. The fourth-order valence-electron chi connectivity index (χ4n) is 2.45. The van der Waals surface area contributed by atoms with Crippen molar-refractivity contribution in [2.75, 3.05) is 6.26 Å². The van der Waals surface area contributed by atoms with Gasteiger partial charge in [-0.3, -0.25) is 4.57 Å². The lowest BCUT2D eigenvalue weighted by molar-refractivity contribution is -0.274. The molecule has 0 saturated carbocycles. The lowest BCUT2D eigenvalue weighted by atomic mass is 10.1. The van der Waals surface area contributed by atoms with Gasteiger partial charge in [-0.05, 0) is 35.4 Å². The van der Waals surface area contributed by atoms with Crippen LogP contribution in [-0.2, 0) is 15.7 Å². The summed E-state index contributed by atoms with van der Waals surface area (Å²) in [5.41, 5.74) is 1.60. The number of ether oxygens (including phenoxy) is 1. The van der Waals surface area contributed by atoms with Crippen molar-refractivity contribution in [1.82, 2.24) is 4.57 Å². The number of hydrogen-bond donors (Lipinski definition) is 0. The smallest absolute Gasteiger partial charge is 0.408 e. The molecule has 3 rings (SSSR count). The largest absolute Gasteiger partial charge is 0.573 e. The zero-order chi connectivity index (χ0) is 19.1. The number of benzene rings is 2. The van der Waals surface area contributed by atoms with E-state index in [1.165, 1.54) is 24.3 Å². The molecule has 10 heteroatoms. The first kappa shape index (κ1) is 18.1. The molecule has 2 aromatic carbocycles. The van der Waals surface area contributed by atoms with Crippen LogP contribution in [0.25, 0.3) is 22.2 Å². The molecule has 6 nitrogen and oxygen atoms in total. The predicted molar refractivity (Wildman–Crippen MR) is 87.4 cm³/mol. The second kappa shape index (κ2) is 6.20. The van der Waals surface area contributed by atoms with Crippen LogP contribution >= 0.6 is 0 Å². The highest BCUT2D eigenvalue weighted by Gasteiger charge is 2.31. The second-order valence-electron chi connectivity index (χ2n) is 5.61. The predicted octanol–water partition coefficient (Wildman–Crippen LogP) is 3.16. The number of sulfone groups is 1. The van der Waals surface area contributed by atoms with E-state index in [1.807, 2.05) is 0 Å². The maximum Gasteiger partial charge on any atom is 0.573 e. The van der Waals surface area contributed by atoms with Crippen LogP contribution in [0.5, 0.6) is 5.75 Å². The van der Waals surface area contributed by atoms with Gasteiger partial charge in [-0.25, -0.2) is 13.2 Å². The van der Waals surface area contributed by atoms with Crippen molar-refractivity contribution in [3.63, 3.8) is 0 Å². The minimum absolute atomic E-state index is 0.208. The highest BCUT2D eigenvalue weighted by Crippen LogP contribution is 2.28. The lowest BCUT2D eigenvalue weighted by Crippen LogP contribution is -2.19. The summed E-state index contributed by atoms with van der Waals surface area (Å²) in [5, 5.41) is 0. The monoisotopic (exact) mass is 387 g/mol. The van der Waals surface area contributed by atoms with Crippen LogP contribution in [0.1, 0.15) is 0 Å². The van der Waals surface area contributed by atoms with E-state index in [2.05, 4.69) is 4.74 Å². The molecule has 0 aliphatic rings. The van der Waals surface area contributed by atoms with Gasteiger partial charge in [-0.15, -0.1) is 13.2 Å². The van der Waals surface area contributed by atoms with Crippen molar-refractivity contribution in [2.45, 2.75) is 12.2 Å². The van der Waals surface area contributed by atoms with E-state index < -0.39 is 27.8 Å². The fourth-order valence-corrected chi connectivity index (χ4v) is 3.16. The Balaban J connectivity index is 2.01. The summed E-state index contributed by atoms with van der Waals surface area (Å²) in [7, 11) is -3.48. The molecule has 3 aromatic rings. The maximum atomic E-state index is 12.2. The molecular formula is C16H12F3NO5S. The van der Waals surface area contributed by atoms with Crippen LogP contribution in [0.2, 0.25) is 0 Å². The average molecular weight is 387 g/mol. The molecule has 0 radical (unpaired) electrons. The van der Waals surface area contributed by atoms with Gasteiger partial charge < -0.3 is 9.15 Å². The summed E-state index contributed by atoms with van der Waals surface area (Å²) in [4.78, 5) is 11.9. The second-order valence-corrected chi connectivity index (χ2v) is 7.72. The fraction of sp³-hybridized carbons (Fsp3) is 0.188. The van der Waals surface area contributed by atoms with Gasteiger partial charge in [-0.1, -0.05) is 18.2 Å². The van der Waals surface area contributed by atoms with E-state index in [9.17, 15) is 26.4 Å². The van der Waals surface area contributed by atoms with Gasteiger partial charge in [0.1, 0.15) is 11.6 Å². The average Bonchev–Trinajstić information content (AvgIpc) is 2.80. The molecule has 0 saturated heterocycles. The molecule has 1 aromatic heterocycles. The van der Waals surface area contributed by atoms with Gasteiger partial charge >= 0.3 is 12.1 Å². The highest BCUT2D eigenvalue weighted by molar-refractivity contribution is 7.89. The third-order valence-electron chi connectivity index (χ3n) is 3.45. The molecule has 0 aliphatic carbocycles. The van der Waals surface area contributed by atoms with Crippen molar-refractivity contribution >= 4 is 20.9 Å². The van der Waals surface area contributed by atoms with E-state index in [0.717, 1.165) is 23.0 Å². The van der Waals surface area contributed by atoms with E-state index in [-0.39, 0.29) is 16.8 Å². The van der Waals surface area contributed by atoms with Crippen molar-refractivity contribution in [3.8, 4) is 16.9 Å². The Morgan fingerprint density at radius 3 is 2.27 bits per heavy atom. The normalized spacial score (nSPS) is 12.5. The van der Waals surface area contributed by atoms with Crippen LogP contribution in [0.4, 0.5) is 13.2 Å². The third kappa shape index (κ3) is 4.07. The number of halogens is 3. The molecule has 138 valence electrons. The Bertz CT molecular complexity index is 1110. The van der Waals surface area contributed by atoms with Crippen LogP contribution in [-0.4, -0.2) is 25.6 Å². The molecule has 0 unspecified atom stereocenters. The number of aromatic nitrogens is 1. The Kier molecular flexibility index (Phi) is 4.31. The third-order valence-corrected chi connectivity index (χ3v) is 4.18. The Hall–Kier alpha value is -2.75. The SMILES string of the molecule is CS(=O)(=O)Cn1c(=O)oc2ccc(-c3ccc(OC(F)(F)F)cc3)cc21. The van der Waals surface area contributed by atoms with Gasteiger partial charge in [0, 0.05) is 6.26 Å². The van der Waals surface area contributed by atoms with Crippen molar-refractivity contribution in [1.29, 1.82) is 0 Å². The van der Waals surface area contributed by atoms with Crippen LogP contribution in [0.15, 0.2) is 51.7 Å². The van der Waals surface area contributed by atoms with E-state index in [4.69, 9.17) is 4.42 Å². The Morgan fingerprint density at radius 1 is 1.08 bits per heavy atom. The summed E-state index contributed by atoms with van der Waals surface area (Å²) in [6, 6.07) is 9.78. The number of nitrogens with zero attached hydrogens (tertiary/aromatic N) is 1. The van der Waals surface area contributed by atoms with Gasteiger partial charge in [0.15, 0.2) is 15.4 Å². The molecule has 1 heterocycles. The van der Waals surface area contributed by atoms with Gasteiger partial charge in [0.2, 0.25) is 0 Å². The molecule has 0 bridgehead atoms. The Labute approximate surface area is 145 Å². The summed E-state index contributed by atoms with van der Waals surface area (Å²) < 4.78 is 69.4. The van der Waals surface area contributed by atoms with Crippen LogP contribution in [0, 0.1) is 0 Å². The van der Waals surface area contributed by atoms with Crippen molar-refractivity contribution in [3.05, 3.63) is 53.0 Å².